The monoisotopic (exact) mass is 428 g/mol. The predicted molar refractivity (Wildman–Crippen MR) is 124 cm³/mol. The van der Waals surface area contributed by atoms with E-state index in [1.165, 1.54) is 22.5 Å². The molecule has 1 aromatic heterocycles. The smallest absolute Gasteiger partial charge is 0.252 e. The van der Waals surface area contributed by atoms with Gasteiger partial charge in [0.05, 0.1) is 17.8 Å². The zero-order chi connectivity index (χ0) is 22.3. The minimum absolute atomic E-state index is 0.0109. The molecule has 2 aromatic rings. The third-order valence-corrected chi connectivity index (χ3v) is 7.46. The Kier molecular flexibility index (Phi) is 4.07. The zero-order valence-corrected chi connectivity index (χ0v) is 19.0. The van der Waals surface area contributed by atoms with Gasteiger partial charge < -0.3 is 10.2 Å². The van der Waals surface area contributed by atoms with Crippen LogP contribution in [-0.4, -0.2) is 34.1 Å². The first kappa shape index (κ1) is 19.5. The van der Waals surface area contributed by atoms with Gasteiger partial charge in [0.25, 0.3) is 5.91 Å². The molecule has 0 spiro atoms. The predicted octanol–water partition coefficient (Wildman–Crippen LogP) is 3.44. The summed E-state index contributed by atoms with van der Waals surface area (Å²) in [5.41, 5.74) is 9.89. The summed E-state index contributed by atoms with van der Waals surface area (Å²) >= 11 is 0. The van der Waals surface area contributed by atoms with Crippen LogP contribution in [0.3, 0.4) is 0 Å². The van der Waals surface area contributed by atoms with Crippen molar-refractivity contribution >= 4 is 17.4 Å². The van der Waals surface area contributed by atoms with Crippen molar-refractivity contribution in [1.29, 1.82) is 0 Å². The molecule has 0 saturated carbocycles. The summed E-state index contributed by atoms with van der Waals surface area (Å²) in [6.07, 6.45) is 10.1. The van der Waals surface area contributed by atoms with E-state index >= 15 is 0 Å². The molecule has 1 N–H and O–H groups in total. The van der Waals surface area contributed by atoms with Crippen LogP contribution in [0.1, 0.15) is 59.4 Å². The fraction of sp³-hybridized carbons (Fsp3) is 0.423. The van der Waals surface area contributed by atoms with Crippen molar-refractivity contribution in [2.45, 2.75) is 52.1 Å². The number of hydrogen-bond donors (Lipinski definition) is 1. The van der Waals surface area contributed by atoms with Crippen LogP contribution in [0.2, 0.25) is 0 Å². The average molecular weight is 429 g/mol. The second-order valence-electron chi connectivity index (χ2n) is 9.88. The van der Waals surface area contributed by atoms with Crippen molar-refractivity contribution in [1.82, 2.24) is 15.1 Å². The number of benzene rings is 1. The molecule has 0 fully saturated rings. The lowest BCUT2D eigenvalue weighted by atomic mass is 9.78. The van der Waals surface area contributed by atoms with Gasteiger partial charge >= 0.3 is 0 Å². The maximum Gasteiger partial charge on any atom is 0.252 e. The van der Waals surface area contributed by atoms with Crippen molar-refractivity contribution in [2.75, 3.05) is 11.4 Å². The van der Waals surface area contributed by atoms with Crippen LogP contribution in [0.5, 0.6) is 0 Å². The number of aryl methyl sites for hydroxylation is 1. The van der Waals surface area contributed by atoms with E-state index in [1.807, 2.05) is 24.0 Å². The van der Waals surface area contributed by atoms with Gasteiger partial charge in [0.2, 0.25) is 0 Å². The first-order chi connectivity index (χ1) is 15.4. The van der Waals surface area contributed by atoms with Gasteiger partial charge in [-0.05, 0) is 42.4 Å². The van der Waals surface area contributed by atoms with Crippen molar-refractivity contribution in [3.8, 4) is 11.1 Å². The van der Waals surface area contributed by atoms with E-state index in [0.29, 0.717) is 12.5 Å². The highest BCUT2D eigenvalue weighted by atomic mass is 16.2. The standard InChI is InChI=1S/C26H28N4O2/c1-13(2)12-30-21-7-5-15(14(3)31)9-17(21)23-19-10-27-26(32)24(19)22-16(25(23)30)6-8-20-18(22)11-28-29(20)4/h5,7,9,11,13,17,21H,6,8,10,12H2,1-4H3,(H,27,32). The number of ketones is 1. The molecule has 2 unspecified atom stereocenters. The van der Waals surface area contributed by atoms with Crippen molar-refractivity contribution in [3.63, 3.8) is 0 Å². The molecule has 2 aliphatic carbocycles. The van der Waals surface area contributed by atoms with E-state index in [2.05, 4.69) is 41.3 Å². The number of hydrogen-bond acceptors (Lipinski definition) is 4. The minimum Gasteiger partial charge on any atom is -0.363 e. The number of nitrogens with zero attached hydrogens (tertiary/aromatic N) is 3. The molecule has 1 amide bonds. The fourth-order valence-electron chi connectivity index (χ4n) is 6.20. The van der Waals surface area contributed by atoms with Crippen LogP contribution in [0.15, 0.2) is 30.0 Å². The van der Waals surface area contributed by atoms with E-state index in [9.17, 15) is 9.59 Å². The third-order valence-electron chi connectivity index (χ3n) is 7.46. The first-order valence-electron chi connectivity index (χ1n) is 11.6. The number of Topliss-reactive ketones (excluding diaryl/α,β-unsaturated/α-hetero) is 1. The van der Waals surface area contributed by atoms with E-state index in [0.717, 1.165) is 47.2 Å². The number of allylic oxidation sites excluding steroid dienone is 2. The molecule has 6 nitrogen and oxygen atoms in total. The summed E-state index contributed by atoms with van der Waals surface area (Å²) in [5, 5.41) is 7.62. The molecule has 2 aliphatic heterocycles. The van der Waals surface area contributed by atoms with Crippen LogP contribution in [0.4, 0.5) is 5.69 Å². The molecule has 6 rings (SSSR count). The molecule has 0 radical (unpaired) electrons. The lowest BCUT2D eigenvalue weighted by Gasteiger charge is -2.33. The fourth-order valence-corrected chi connectivity index (χ4v) is 6.20. The number of nitrogens with one attached hydrogen (secondary N) is 1. The molecule has 3 heterocycles. The van der Waals surface area contributed by atoms with Gasteiger partial charge in [-0.15, -0.1) is 0 Å². The lowest BCUT2D eigenvalue weighted by Crippen LogP contribution is -2.36. The van der Waals surface area contributed by atoms with Gasteiger partial charge in [0.1, 0.15) is 0 Å². The number of carbonyl (C=O) groups is 2. The topological polar surface area (TPSA) is 67.2 Å². The zero-order valence-electron chi connectivity index (χ0n) is 19.0. The van der Waals surface area contributed by atoms with Crippen molar-refractivity contribution in [3.05, 3.63) is 57.9 Å². The quantitative estimate of drug-likeness (QED) is 0.813. The summed E-state index contributed by atoms with van der Waals surface area (Å²) < 4.78 is 1.95. The van der Waals surface area contributed by atoms with Crippen LogP contribution in [0.25, 0.3) is 11.1 Å². The molecule has 0 bridgehead atoms. The van der Waals surface area contributed by atoms with Crippen LogP contribution >= 0.6 is 0 Å². The van der Waals surface area contributed by atoms with Crippen molar-refractivity contribution < 1.29 is 9.59 Å². The van der Waals surface area contributed by atoms with Gasteiger partial charge in [-0.1, -0.05) is 32.1 Å². The van der Waals surface area contributed by atoms with E-state index in [4.69, 9.17) is 0 Å². The highest BCUT2D eigenvalue weighted by molar-refractivity contribution is 6.08. The molecule has 164 valence electrons. The second kappa shape index (κ2) is 6.67. The number of rotatable bonds is 3. The van der Waals surface area contributed by atoms with E-state index in [-0.39, 0.29) is 23.7 Å². The first-order valence-corrected chi connectivity index (χ1v) is 11.6. The Morgan fingerprint density at radius 2 is 2.06 bits per heavy atom. The molecule has 2 atom stereocenters. The highest BCUT2D eigenvalue weighted by Crippen LogP contribution is 2.54. The highest BCUT2D eigenvalue weighted by Gasteiger charge is 2.46. The van der Waals surface area contributed by atoms with Gasteiger partial charge in [-0.25, -0.2) is 0 Å². The van der Waals surface area contributed by atoms with Crippen LogP contribution in [-0.2, 0) is 31.2 Å². The molecular formula is C26H28N4O2. The minimum atomic E-state index is 0.0109. The van der Waals surface area contributed by atoms with Crippen LogP contribution in [0, 0.1) is 5.92 Å². The van der Waals surface area contributed by atoms with Gasteiger partial charge in [-0.3, -0.25) is 14.3 Å². The molecule has 1 aromatic carbocycles. The summed E-state index contributed by atoms with van der Waals surface area (Å²) in [4.78, 5) is 27.9. The number of carbonyl (C=O) groups excluding carboxylic acids is 2. The van der Waals surface area contributed by atoms with Gasteiger partial charge in [-0.2, -0.15) is 5.10 Å². The Hall–Kier alpha value is -3.15. The Morgan fingerprint density at radius 3 is 2.81 bits per heavy atom. The maximum atomic E-state index is 13.1. The molecule has 0 saturated heterocycles. The number of anilines is 1. The lowest BCUT2D eigenvalue weighted by molar-refractivity contribution is -0.113. The van der Waals surface area contributed by atoms with Crippen LogP contribution < -0.4 is 10.2 Å². The molecule has 6 heteroatoms. The molecular weight excluding hydrogens is 400 g/mol. The number of fused-ring (bicyclic) bond motifs is 10. The largest absolute Gasteiger partial charge is 0.363 e. The van der Waals surface area contributed by atoms with Gasteiger partial charge in [0, 0.05) is 54.1 Å². The second-order valence-corrected chi connectivity index (χ2v) is 9.88. The molecule has 4 aliphatic rings. The Balaban J connectivity index is 1.68. The summed E-state index contributed by atoms with van der Waals surface area (Å²) in [5.74, 6) is 0.688. The summed E-state index contributed by atoms with van der Waals surface area (Å²) in [7, 11) is 1.98. The third kappa shape index (κ3) is 2.49. The van der Waals surface area contributed by atoms with E-state index in [1.54, 1.807) is 6.92 Å². The van der Waals surface area contributed by atoms with E-state index < -0.39 is 0 Å². The normalized spacial score (nSPS) is 22.2. The Bertz CT molecular complexity index is 1260. The van der Waals surface area contributed by atoms with Gasteiger partial charge in [0.15, 0.2) is 5.78 Å². The number of aromatic nitrogens is 2. The summed E-state index contributed by atoms with van der Waals surface area (Å²) in [6.45, 7) is 7.62. The average Bonchev–Trinajstić information content (AvgIpc) is 3.42. The molecule has 32 heavy (non-hydrogen) atoms. The number of amides is 1. The SMILES string of the molecule is CC(=O)C1=CC2c3c4c(c5c(c3N(CC(C)C)C2C=C1)CCc1c-5cnn1C)C(=O)NC4. The summed E-state index contributed by atoms with van der Waals surface area (Å²) in [6, 6.07) is 0.178. The maximum absolute atomic E-state index is 13.1. The Labute approximate surface area is 188 Å². The van der Waals surface area contributed by atoms with Crippen molar-refractivity contribution in [2.24, 2.45) is 13.0 Å². The Morgan fingerprint density at radius 1 is 1.25 bits per heavy atom.